The van der Waals surface area contributed by atoms with Gasteiger partial charge in [-0.3, -0.25) is 0 Å². The average molecular weight is 348 g/mol. The van der Waals surface area contributed by atoms with Crippen LogP contribution in [0.15, 0.2) is 54.6 Å². The first-order chi connectivity index (χ1) is 12.6. The molecule has 0 atom stereocenters. The number of aryl methyl sites for hydroxylation is 2. The Morgan fingerprint density at radius 1 is 0.962 bits per heavy atom. The van der Waals surface area contributed by atoms with E-state index in [2.05, 4.69) is 9.97 Å². The molecular formula is C21H20N2O3. The van der Waals surface area contributed by atoms with Crippen molar-refractivity contribution >= 4 is 5.97 Å². The standard InChI is InChI=1S/C21H20N2O3/c1-4-25-20(24)18-15(3)22-21(26-17-8-6-5-7-9-17)23-19(18)16-12-10-14(2)11-13-16/h5-13H,4H2,1-3H3. The van der Waals surface area contributed by atoms with E-state index in [0.29, 0.717) is 22.7 Å². The Bertz CT molecular complexity index is 907. The number of aromatic nitrogens is 2. The number of nitrogens with zero attached hydrogens (tertiary/aromatic N) is 2. The normalized spacial score (nSPS) is 10.4. The molecule has 26 heavy (non-hydrogen) atoms. The molecule has 0 fully saturated rings. The predicted molar refractivity (Wildman–Crippen MR) is 99.4 cm³/mol. The van der Waals surface area contributed by atoms with Crippen molar-refractivity contribution in [3.8, 4) is 23.0 Å². The SMILES string of the molecule is CCOC(=O)c1c(C)nc(Oc2ccccc2)nc1-c1ccc(C)cc1. The van der Waals surface area contributed by atoms with Crippen molar-refractivity contribution in [1.29, 1.82) is 0 Å². The van der Waals surface area contributed by atoms with Gasteiger partial charge in [-0.1, -0.05) is 48.0 Å². The van der Waals surface area contributed by atoms with Crippen LogP contribution in [0.25, 0.3) is 11.3 Å². The summed E-state index contributed by atoms with van der Waals surface area (Å²) in [4.78, 5) is 21.3. The number of para-hydroxylation sites is 1. The number of hydrogen-bond acceptors (Lipinski definition) is 5. The Kier molecular flexibility index (Phi) is 5.27. The lowest BCUT2D eigenvalue weighted by Gasteiger charge is -2.13. The lowest BCUT2D eigenvalue weighted by molar-refractivity contribution is 0.0525. The van der Waals surface area contributed by atoms with Crippen molar-refractivity contribution in [1.82, 2.24) is 9.97 Å². The molecule has 132 valence electrons. The van der Waals surface area contributed by atoms with E-state index >= 15 is 0 Å². The molecule has 0 aliphatic heterocycles. The zero-order chi connectivity index (χ0) is 18.5. The summed E-state index contributed by atoms with van der Waals surface area (Å²) in [7, 11) is 0. The van der Waals surface area contributed by atoms with Crippen LogP contribution >= 0.6 is 0 Å². The molecule has 0 amide bonds. The Morgan fingerprint density at radius 2 is 1.65 bits per heavy atom. The molecule has 5 heteroatoms. The van der Waals surface area contributed by atoms with E-state index in [9.17, 15) is 4.79 Å². The molecule has 0 aliphatic carbocycles. The van der Waals surface area contributed by atoms with Crippen LogP contribution < -0.4 is 4.74 Å². The van der Waals surface area contributed by atoms with E-state index in [1.165, 1.54) is 0 Å². The molecule has 0 saturated carbocycles. The van der Waals surface area contributed by atoms with Crippen LogP contribution in [0.3, 0.4) is 0 Å². The van der Waals surface area contributed by atoms with E-state index < -0.39 is 5.97 Å². The predicted octanol–water partition coefficient (Wildman–Crippen LogP) is 4.73. The van der Waals surface area contributed by atoms with Gasteiger partial charge < -0.3 is 9.47 Å². The molecule has 0 spiro atoms. The number of rotatable bonds is 5. The summed E-state index contributed by atoms with van der Waals surface area (Å²) >= 11 is 0. The third-order valence-electron chi connectivity index (χ3n) is 3.83. The van der Waals surface area contributed by atoms with E-state index in [4.69, 9.17) is 9.47 Å². The van der Waals surface area contributed by atoms with Crippen molar-refractivity contribution < 1.29 is 14.3 Å². The summed E-state index contributed by atoms with van der Waals surface area (Å²) < 4.78 is 11.0. The lowest BCUT2D eigenvalue weighted by Crippen LogP contribution is -2.12. The number of ether oxygens (including phenoxy) is 2. The molecule has 0 saturated heterocycles. The molecule has 0 N–H and O–H groups in total. The van der Waals surface area contributed by atoms with Gasteiger partial charge in [0.1, 0.15) is 11.3 Å². The van der Waals surface area contributed by atoms with Crippen LogP contribution in [-0.4, -0.2) is 22.5 Å². The van der Waals surface area contributed by atoms with Crippen LogP contribution in [-0.2, 0) is 4.74 Å². The fourth-order valence-electron chi connectivity index (χ4n) is 2.55. The third kappa shape index (κ3) is 3.88. The highest BCUT2D eigenvalue weighted by atomic mass is 16.5. The van der Waals surface area contributed by atoms with Crippen LogP contribution in [0.4, 0.5) is 0 Å². The van der Waals surface area contributed by atoms with Crippen molar-refractivity contribution in [2.75, 3.05) is 6.61 Å². The Balaban J connectivity index is 2.10. The van der Waals surface area contributed by atoms with Gasteiger partial charge in [-0.15, -0.1) is 0 Å². The fraction of sp³-hybridized carbons (Fsp3) is 0.190. The van der Waals surface area contributed by atoms with Gasteiger partial charge in [-0.25, -0.2) is 4.79 Å². The van der Waals surface area contributed by atoms with E-state index in [1.54, 1.807) is 13.8 Å². The topological polar surface area (TPSA) is 61.3 Å². The summed E-state index contributed by atoms with van der Waals surface area (Å²) in [6.07, 6.45) is 0. The van der Waals surface area contributed by atoms with Gasteiger partial charge in [0.2, 0.25) is 0 Å². The van der Waals surface area contributed by atoms with E-state index in [0.717, 1.165) is 11.1 Å². The molecule has 3 aromatic rings. The Hall–Kier alpha value is -3.21. The van der Waals surface area contributed by atoms with Crippen molar-refractivity contribution in [2.24, 2.45) is 0 Å². The minimum absolute atomic E-state index is 0.192. The molecule has 0 unspecified atom stereocenters. The van der Waals surface area contributed by atoms with Crippen molar-refractivity contribution in [3.05, 3.63) is 71.4 Å². The van der Waals surface area contributed by atoms with Gasteiger partial charge in [0.25, 0.3) is 0 Å². The summed E-state index contributed by atoms with van der Waals surface area (Å²) in [6, 6.07) is 17.3. The summed E-state index contributed by atoms with van der Waals surface area (Å²) in [5, 5.41) is 0. The first-order valence-corrected chi connectivity index (χ1v) is 8.44. The number of carbonyl (C=O) groups excluding carboxylic acids is 1. The summed E-state index contributed by atoms with van der Waals surface area (Å²) in [6.45, 7) is 5.81. The fourth-order valence-corrected chi connectivity index (χ4v) is 2.55. The highest BCUT2D eigenvalue weighted by Crippen LogP contribution is 2.28. The van der Waals surface area contributed by atoms with Crippen molar-refractivity contribution in [2.45, 2.75) is 20.8 Å². The van der Waals surface area contributed by atoms with Gasteiger partial charge >= 0.3 is 12.0 Å². The maximum atomic E-state index is 12.5. The molecule has 5 nitrogen and oxygen atoms in total. The third-order valence-corrected chi connectivity index (χ3v) is 3.83. The van der Waals surface area contributed by atoms with E-state index in [-0.39, 0.29) is 12.6 Å². The molecule has 0 bridgehead atoms. The summed E-state index contributed by atoms with van der Waals surface area (Å²) in [5.41, 5.74) is 3.30. The molecule has 1 aromatic heterocycles. The average Bonchev–Trinajstić information content (AvgIpc) is 2.63. The first-order valence-electron chi connectivity index (χ1n) is 8.44. The molecule has 2 aromatic carbocycles. The van der Waals surface area contributed by atoms with Gasteiger partial charge in [-0.2, -0.15) is 9.97 Å². The van der Waals surface area contributed by atoms with Crippen molar-refractivity contribution in [3.63, 3.8) is 0 Å². The zero-order valence-corrected chi connectivity index (χ0v) is 15.0. The molecule has 0 radical (unpaired) electrons. The summed E-state index contributed by atoms with van der Waals surface area (Å²) in [5.74, 6) is 0.192. The first kappa shape index (κ1) is 17.6. The van der Waals surface area contributed by atoms with Gasteiger partial charge in [0.05, 0.1) is 18.0 Å². The number of carbonyl (C=O) groups is 1. The van der Waals surface area contributed by atoms with Crippen LogP contribution in [0.5, 0.6) is 11.8 Å². The second-order valence-electron chi connectivity index (χ2n) is 5.82. The highest BCUT2D eigenvalue weighted by Gasteiger charge is 2.21. The molecule has 1 heterocycles. The smallest absolute Gasteiger partial charge is 0.342 e. The van der Waals surface area contributed by atoms with E-state index in [1.807, 2.05) is 61.5 Å². The van der Waals surface area contributed by atoms with Gasteiger partial charge in [-0.05, 0) is 32.9 Å². The molecular weight excluding hydrogens is 328 g/mol. The van der Waals surface area contributed by atoms with Crippen LogP contribution in [0.2, 0.25) is 0 Å². The highest BCUT2D eigenvalue weighted by molar-refractivity contribution is 5.97. The van der Waals surface area contributed by atoms with Gasteiger partial charge in [0.15, 0.2) is 0 Å². The largest absolute Gasteiger partial charge is 0.462 e. The van der Waals surface area contributed by atoms with Crippen LogP contribution in [0.1, 0.15) is 28.5 Å². The molecule has 3 rings (SSSR count). The monoisotopic (exact) mass is 348 g/mol. The second kappa shape index (κ2) is 7.78. The second-order valence-corrected chi connectivity index (χ2v) is 5.82. The minimum atomic E-state index is -0.438. The minimum Gasteiger partial charge on any atom is -0.462 e. The quantitative estimate of drug-likeness (QED) is 0.624. The zero-order valence-electron chi connectivity index (χ0n) is 15.0. The van der Waals surface area contributed by atoms with Crippen LogP contribution in [0, 0.1) is 13.8 Å². The molecule has 0 aliphatic rings. The number of esters is 1. The maximum absolute atomic E-state index is 12.5. The van der Waals surface area contributed by atoms with Gasteiger partial charge in [0, 0.05) is 5.56 Å². The lowest BCUT2D eigenvalue weighted by atomic mass is 10.0. The maximum Gasteiger partial charge on any atom is 0.342 e. The number of benzene rings is 2. The number of hydrogen-bond donors (Lipinski definition) is 0. The Morgan fingerprint density at radius 3 is 2.31 bits per heavy atom. The Labute approximate surface area is 152 Å².